The molecule has 2 aromatic heterocycles. The van der Waals surface area contributed by atoms with Crippen molar-refractivity contribution in [2.24, 2.45) is 5.92 Å². The van der Waals surface area contributed by atoms with E-state index in [2.05, 4.69) is 32.3 Å². The van der Waals surface area contributed by atoms with Crippen molar-refractivity contribution in [3.05, 3.63) is 84.3 Å². The monoisotopic (exact) mass is 494 g/mol. The zero-order valence-corrected chi connectivity index (χ0v) is 20.2. The molecule has 0 saturated heterocycles. The number of rotatable bonds is 6. The van der Waals surface area contributed by atoms with E-state index < -0.39 is 5.97 Å². The Morgan fingerprint density at radius 1 is 0.919 bits per heavy atom. The van der Waals surface area contributed by atoms with Gasteiger partial charge in [0.1, 0.15) is 11.6 Å². The second kappa shape index (κ2) is 9.65. The number of carboxylic acids is 1. The SMILES string of the molecule is O=C(O)CC1CCC(c2ccc(-c3ccc(-c4nc5ccc(-c6ccn[nH]6)cc5[nH]4)c(F)c3)cc2)CC1. The number of aromatic nitrogens is 4. The van der Waals surface area contributed by atoms with E-state index in [4.69, 9.17) is 5.11 Å². The maximum absolute atomic E-state index is 15.2. The average molecular weight is 495 g/mol. The molecule has 0 unspecified atom stereocenters. The molecule has 2 heterocycles. The van der Waals surface area contributed by atoms with Crippen molar-refractivity contribution in [3.63, 3.8) is 0 Å². The van der Waals surface area contributed by atoms with Crippen molar-refractivity contribution in [3.8, 4) is 33.8 Å². The smallest absolute Gasteiger partial charge is 0.303 e. The van der Waals surface area contributed by atoms with Crippen LogP contribution in [0.15, 0.2) is 72.9 Å². The van der Waals surface area contributed by atoms with Gasteiger partial charge >= 0.3 is 5.97 Å². The van der Waals surface area contributed by atoms with Crippen LogP contribution < -0.4 is 0 Å². The van der Waals surface area contributed by atoms with Crippen LogP contribution in [-0.2, 0) is 4.79 Å². The summed E-state index contributed by atoms with van der Waals surface area (Å²) in [6, 6.07) is 21.4. The minimum absolute atomic E-state index is 0.271. The molecule has 0 aliphatic heterocycles. The third-order valence-corrected chi connectivity index (χ3v) is 7.54. The Hall–Kier alpha value is -4.26. The van der Waals surface area contributed by atoms with Crippen LogP contribution in [0.4, 0.5) is 4.39 Å². The molecule has 0 bridgehead atoms. The van der Waals surface area contributed by atoms with E-state index in [0.717, 1.165) is 59.1 Å². The van der Waals surface area contributed by atoms with Crippen LogP contribution in [0, 0.1) is 11.7 Å². The topological polar surface area (TPSA) is 94.7 Å². The highest BCUT2D eigenvalue weighted by atomic mass is 19.1. The lowest BCUT2D eigenvalue weighted by Crippen LogP contribution is -2.16. The largest absolute Gasteiger partial charge is 0.481 e. The molecule has 1 saturated carbocycles. The minimum atomic E-state index is -0.703. The van der Waals surface area contributed by atoms with E-state index in [1.807, 2.05) is 42.5 Å². The number of imidazole rings is 1. The number of aromatic amines is 2. The molecule has 1 aliphatic carbocycles. The van der Waals surface area contributed by atoms with Gasteiger partial charge in [-0.2, -0.15) is 5.10 Å². The Kier molecular flexibility index (Phi) is 6.04. The van der Waals surface area contributed by atoms with Gasteiger partial charge in [0.2, 0.25) is 0 Å². The number of aliphatic carboxylic acids is 1. The molecule has 37 heavy (non-hydrogen) atoms. The van der Waals surface area contributed by atoms with Crippen molar-refractivity contribution in [1.82, 2.24) is 20.2 Å². The van der Waals surface area contributed by atoms with Crippen molar-refractivity contribution >= 4 is 17.0 Å². The maximum Gasteiger partial charge on any atom is 0.303 e. The van der Waals surface area contributed by atoms with Gasteiger partial charge in [-0.1, -0.05) is 36.4 Å². The molecule has 0 atom stereocenters. The van der Waals surface area contributed by atoms with Crippen molar-refractivity contribution in [2.45, 2.75) is 38.0 Å². The summed E-state index contributed by atoms with van der Waals surface area (Å²) in [5, 5.41) is 16.0. The van der Waals surface area contributed by atoms with E-state index >= 15 is 4.39 Å². The van der Waals surface area contributed by atoms with Crippen LogP contribution in [-0.4, -0.2) is 31.2 Å². The molecular formula is C30H27FN4O2. The highest BCUT2D eigenvalue weighted by molar-refractivity contribution is 5.84. The molecule has 5 aromatic rings. The molecule has 6 nitrogen and oxygen atoms in total. The maximum atomic E-state index is 15.2. The van der Waals surface area contributed by atoms with Gasteiger partial charge in [0.25, 0.3) is 0 Å². The molecule has 3 N–H and O–H groups in total. The van der Waals surface area contributed by atoms with Gasteiger partial charge in [0, 0.05) is 18.2 Å². The summed E-state index contributed by atoms with van der Waals surface area (Å²) in [6.07, 6.45) is 5.92. The molecule has 0 amide bonds. The standard InChI is InChI=1S/C30H27FN4O2/c31-25-16-22(21-7-5-20(6-8-21)19-3-1-18(2-4-19)15-29(36)37)9-11-24(25)30-33-27-12-10-23(17-28(27)34-30)26-13-14-32-35-26/h5-14,16-19H,1-4,15H2,(H,32,35)(H,33,34)(H,36,37). The molecule has 1 aliphatic rings. The summed E-state index contributed by atoms with van der Waals surface area (Å²) in [4.78, 5) is 18.8. The highest BCUT2D eigenvalue weighted by Crippen LogP contribution is 2.38. The number of carboxylic acid groups (broad SMARTS) is 1. The Labute approximate surface area is 213 Å². The molecule has 0 spiro atoms. The number of nitrogens with zero attached hydrogens (tertiary/aromatic N) is 2. The molecule has 1 fully saturated rings. The number of hydrogen-bond acceptors (Lipinski definition) is 3. The Balaban J connectivity index is 1.19. The van der Waals surface area contributed by atoms with Gasteiger partial charge in [-0.15, -0.1) is 0 Å². The fourth-order valence-electron chi connectivity index (χ4n) is 5.50. The lowest BCUT2D eigenvalue weighted by Gasteiger charge is -2.28. The summed E-state index contributed by atoms with van der Waals surface area (Å²) in [5.74, 6) is 0.214. The number of benzene rings is 3. The summed E-state index contributed by atoms with van der Waals surface area (Å²) < 4.78 is 15.2. The fraction of sp³-hybridized carbons (Fsp3) is 0.233. The van der Waals surface area contributed by atoms with Crippen LogP contribution >= 0.6 is 0 Å². The Morgan fingerprint density at radius 3 is 2.38 bits per heavy atom. The van der Waals surface area contributed by atoms with Crippen LogP contribution in [0.3, 0.4) is 0 Å². The zero-order chi connectivity index (χ0) is 25.4. The first kappa shape index (κ1) is 23.2. The lowest BCUT2D eigenvalue weighted by molar-refractivity contribution is -0.138. The number of carbonyl (C=O) groups is 1. The predicted octanol–water partition coefficient (Wildman–Crippen LogP) is 7.17. The summed E-state index contributed by atoms with van der Waals surface area (Å²) in [5.41, 5.74) is 6.97. The highest BCUT2D eigenvalue weighted by Gasteiger charge is 2.24. The van der Waals surface area contributed by atoms with E-state index in [1.165, 1.54) is 5.56 Å². The zero-order valence-electron chi connectivity index (χ0n) is 20.2. The van der Waals surface area contributed by atoms with Crippen molar-refractivity contribution < 1.29 is 14.3 Å². The number of nitrogens with one attached hydrogen (secondary N) is 2. The average Bonchev–Trinajstić information content (AvgIpc) is 3.59. The summed E-state index contributed by atoms with van der Waals surface area (Å²) in [6.45, 7) is 0. The normalized spacial score (nSPS) is 17.8. The quantitative estimate of drug-likeness (QED) is 0.233. The molecule has 3 aromatic carbocycles. The minimum Gasteiger partial charge on any atom is -0.481 e. The molecule has 7 heteroatoms. The van der Waals surface area contributed by atoms with Crippen molar-refractivity contribution in [1.29, 1.82) is 0 Å². The van der Waals surface area contributed by atoms with Gasteiger partial charge < -0.3 is 10.1 Å². The first-order valence-corrected chi connectivity index (χ1v) is 12.6. The Morgan fingerprint density at radius 2 is 1.68 bits per heavy atom. The second-order valence-electron chi connectivity index (χ2n) is 9.92. The third-order valence-electron chi connectivity index (χ3n) is 7.54. The number of halogens is 1. The van der Waals surface area contributed by atoms with Crippen LogP contribution in [0.25, 0.3) is 44.8 Å². The first-order valence-electron chi connectivity index (χ1n) is 12.6. The van der Waals surface area contributed by atoms with Crippen LogP contribution in [0.2, 0.25) is 0 Å². The van der Waals surface area contributed by atoms with E-state index in [-0.39, 0.29) is 12.2 Å². The second-order valence-corrected chi connectivity index (χ2v) is 9.92. The van der Waals surface area contributed by atoms with Gasteiger partial charge in [-0.3, -0.25) is 9.89 Å². The van der Waals surface area contributed by atoms with E-state index in [9.17, 15) is 4.79 Å². The molecule has 0 radical (unpaired) electrons. The number of H-pyrrole nitrogens is 2. The van der Waals surface area contributed by atoms with Gasteiger partial charge in [-0.25, -0.2) is 9.37 Å². The molecular weight excluding hydrogens is 467 g/mol. The summed E-state index contributed by atoms with van der Waals surface area (Å²) in [7, 11) is 0. The Bertz CT molecular complexity index is 1550. The number of fused-ring (bicyclic) bond motifs is 1. The predicted molar refractivity (Wildman–Crippen MR) is 141 cm³/mol. The van der Waals surface area contributed by atoms with E-state index in [1.54, 1.807) is 18.3 Å². The lowest BCUT2D eigenvalue weighted by atomic mass is 9.77. The van der Waals surface area contributed by atoms with Crippen LogP contribution in [0.1, 0.15) is 43.6 Å². The van der Waals surface area contributed by atoms with Crippen LogP contribution in [0.5, 0.6) is 0 Å². The van der Waals surface area contributed by atoms with Gasteiger partial charge in [0.05, 0.1) is 22.3 Å². The van der Waals surface area contributed by atoms with Gasteiger partial charge in [-0.05, 0) is 84.5 Å². The first-order chi connectivity index (χ1) is 18.0. The van der Waals surface area contributed by atoms with E-state index in [0.29, 0.717) is 23.2 Å². The number of hydrogen-bond donors (Lipinski definition) is 3. The van der Waals surface area contributed by atoms with Gasteiger partial charge in [0.15, 0.2) is 0 Å². The molecule has 186 valence electrons. The fourth-order valence-corrected chi connectivity index (χ4v) is 5.50. The third kappa shape index (κ3) is 4.77. The summed E-state index contributed by atoms with van der Waals surface area (Å²) >= 11 is 0. The molecule has 6 rings (SSSR count). The van der Waals surface area contributed by atoms with Crippen molar-refractivity contribution in [2.75, 3.05) is 0 Å².